The van der Waals surface area contributed by atoms with E-state index in [1.54, 1.807) is 53.6 Å². The van der Waals surface area contributed by atoms with Gasteiger partial charge in [-0.1, -0.05) is 12.1 Å². The van der Waals surface area contributed by atoms with E-state index in [1.165, 1.54) is 6.07 Å². The van der Waals surface area contributed by atoms with Gasteiger partial charge in [-0.2, -0.15) is 0 Å². The van der Waals surface area contributed by atoms with Gasteiger partial charge in [0.25, 0.3) is 5.91 Å². The number of carbonyl (C=O) groups excluding carboxylic acids is 2. The zero-order chi connectivity index (χ0) is 29.0. The number of halogens is 1. The van der Waals surface area contributed by atoms with Gasteiger partial charge in [0.05, 0.1) is 24.4 Å². The molecule has 2 aromatic carbocycles. The molecule has 0 radical (unpaired) electrons. The van der Waals surface area contributed by atoms with Crippen LogP contribution in [0.25, 0.3) is 0 Å². The maximum absolute atomic E-state index is 14.8. The molecule has 9 nitrogen and oxygen atoms in total. The quantitative estimate of drug-likeness (QED) is 0.417. The van der Waals surface area contributed by atoms with E-state index in [9.17, 15) is 14.0 Å². The Morgan fingerprint density at radius 2 is 1.93 bits per heavy atom. The van der Waals surface area contributed by atoms with Crippen molar-refractivity contribution in [3.63, 3.8) is 0 Å². The molecule has 1 saturated heterocycles. The lowest BCUT2D eigenvalue weighted by molar-refractivity contribution is 0.0111. The molecule has 3 heterocycles. The first kappa shape index (κ1) is 28.2. The maximum Gasteiger partial charge on any atom is 0.410 e. The molecule has 0 bridgehead atoms. The highest BCUT2D eigenvalue weighted by Gasteiger charge is 2.35. The summed E-state index contributed by atoms with van der Waals surface area (Å²) in [6.07, 6.45) is 1.84. The van der Waals surface area contributed by atoms with Crippen LogP contribution in [0.3, 0.4) is 0 Å². The third-order valence-corrected chi connectivity index (χ3v) is 7.01. The number of hydrogen-bond acceptors (Lipinski definition) is 7. The molecule has 1 N–H and O–H groups in total. The van der Waals surface area contributed by atoms with Crippen LogP contribution in [0.2, 0.25) is 0 Å². The monoisotopic (exact) mass is 563 g/mol. The van der Waals surface area contributed by atoms with Crippen LogP contribution in [0.5, 0.6) is 17.2 Å². The highest BCUT2D eigenvalue weighted by molar-refractivity contribution is 5.94. The summed E-state index contributed by atoms with van der Waals surface area (Å²) in [5.74, 6) is 0.501. The lowest BCUT2D eigenvalue weighted by Gasteiger charge is -2.39. The zero-order valence-electron chi connectivity index (χ0n) is 23.4. The molecular formula is C31H34FN3O6. The lowest BCUT2D eigenvalue weighted by atomic mass is 9.80. The second kappa shape index (κ2) is 12.0. The molecule has 10 heteroatoms. The Hall–Kier alpha value is -4.34. The smallest absolute Gasteiger partial charge is 0.410 e. The Balaban J connectivity index is 1.34. The maximum atomic E-state index is 14.8. The van der Waals surface area contributed by atoms with Gasteiger partial charge in [0.15, 0.2) is 11.5 Å². The van der Waals surface area contributed by atoms with E-state index < -0.39 is 23.4 Å². The van der Waals surface area contributed by atoms with Gasteiger partial charge in [-0.25, -0.2) is 9.18 Å². The molecule has 0 spiro atoms. The minimum atomic E-state index is -0.624. The van der Waals surface area contributed by atoms with Gasteiger partial charge in [-0.3, -0.25) is 9.78 Å². The van der Waals surface area contributed by atoms with Gasteiger partial charge < -0.3 is 29.2 Å². The normalized spacial score (nSPS) is 18.1. The summed E-state index contributed by atoms with van der Waals surface area (Å²) < 4.78 is 37.4. The molecule has 1 aromatic heterocycles. The number of benzene rings is 2. The van der Waals surface area contributed by atoms with Crippen molar-refractivity contribution < 1.29 is 32.9 Å². The molecule has 2 atom stereocenters. The van der Waals surface area contributed by atoms with E-state index in [0.717, 1.165) is 5.56 Å². The first-order valence-corrected chi connectivity index (χ1v) is 13.6. The zero-order valence-corrected chi connectivity index (χ0v) is 23.4. The minimum absolute atomic E-state index is 0.0385. The highest BCUT2D eigenvalue weighted by Crippen LogP contribution is 2.38. The molecule has 41 heavy (non-hydrogen) atoms. The van der Waals surface area contributed by atoms with Gasteiger partial charge >= 0.3 is 6.09 Å². The Kier molecular flexibility index (Phi) is 8.28. The number of ether oxygens (including phenoxy) is 4. The fourth-order valence-corrected chi connectivity index (χ4v) is 5.02. The lowest BCUT2D eigenvalue weighted by Crippen LogP contribution is -2.46. The van der Waals surface area contributed by atoms with Crippen LogP contribution < -0.4 is 19.5 Å². The van der Waals surface area contributed by atoms with Crippen molar-refractivity contribution in [1.82, 2.24) is 15.2 Å². The van der Waals surface area contributed by atoms with Crippen molar-refractivity contribution in [2.45, 2.75) is 45.3 Å². The van der Waals surface area contributed by atoms with E-state index in [-0.39, 0.29) is 37.3 Å². The van der Waals surface area contributed by atoms with Crippen molar-refractivity contribution >= 4 is 12.0 Å². The molecule has 3 aromatic rings. The van der Waals surface area contributed by atoms with E-state index in [4.69, 9.17) is 18.9 Å². The third-order valence-electron chi connectivity index (χ3n) is 7.01. The Morgan fingerprint density at radius 1 is 1.10 bits per heavy atom. The van der Waals surface area contributed by atoms with Gasteiger partial charge in [0.2, 0.25) is 6.79 Å². The van der Waals surface area contributed by atoms with Crippen LogP contribution in [0, 0.1) is 11.7 Å². The molecule has 216 valence electrons. The number of nitrogens with zero attached hydrogens (tertiary/aromatic N) is 2. The van der Waals surface area contributed by atoms with Crippen LogP contribution >= 0.6 is 0 Å². The van der Waals surface area contributed by atoms with E-state index >= 15 is 0 Å². The van der Waals surface area contributed by atoms with Crippen molar-refractivity contribution in [3.8, 4) is 17.2 Å². The standard InChI is InChI=1S/C31H34FN3O6/c1-31(2,3)41-30(37)35-13-11-24(21(17-35)18-38-23-8-10-27-28(15-23)40-19-39-27)20-7-9-26(32)25(14-20)29(36)34-16-22-6-4-5-12-33-22/h4-10,12,14-15,21,24H,11,13,16-19H2,1-3H3,(H,34,36)/t21-,24+/m1/s1. The number of carbonyl (C=O) groups is 2. The third kappa shape index (κ3) is 7.06. The molecule has 2 amide bonds. The number of rotatable bonds is 7. The minimum Gasteiger partial charge on any atom is -0.493 e. The second-order valence-electron chi connectivity index (χ2n) is 11.2. The SMILES string of the molecule is CC(C)(C)OC(=O)N1CC[C@@H](c2ccc(F)c(C(=O)NCc3ccccn3)c2)[C@@H](COc2ccc3c(c2)OCO3)C1. The van der Waals surface area contributed by atoms with Crippen LogP contribution in [0.1, 0.15) is 54.7 Å². The van der Waals surface area contributed by atoms with Crippen molar-refractivity contribution in [3.05, 3.63) is 83.4 Å². The fraction of sp³-hybridized carbons (Fsp3) is 0.387. The van der Waals surface area contributed by atoms with Crippen LogP contribution in [-0.4, -0.2) is 54.0 Å². The molecule has 0 unspecified atom stereocenters. The Labute approximate surface area is 238 Å². The number of piperidine rings is 1. The molecule has 2 aliphatic heterocycles. The summed E-state index contributed by atoms with van der Waals surface area (Å²) >= 11 is 0. The molecular weight excluding hydrogens is 529 g/mol. The van der Waals surface area contributed by atoms with Gasteiger partial charge in [0, 0.05) is 31.3 Å². The number of nitrogens with one attached hydrogen (secondary N) is 1. The van der Waals surface area contributed by atoms with Crippen molar-refractivity contribution in [2.24, 2.45) is 5.92 Å². The van der Waals surface area contributed by atoms with Crippen molar-refractivity contribution in [1.29, 1.82) is 0 Å². The topological polar surface area (TPSA) is 99.2 Å². The number of hydrogen-bond donors (Lipinski definition) is 1. The van der Waals surface area contributed by atoms with Crippen LogP contribution in [0.4, 0.5) is 9.18 Å². The largest absolute Gasteiger partial charge is 0.493 e. The van der Waals surface area contributed by atoms with Gasteiger partial charge in [0.1, 0.15) is 17.2 Å². The summed E-state index contributed by atoms with van der Waals surface area (Å²) in [6.45, 7) is 6.95. The number of fused-ring (bicyclic) bond motifs is 1. The summed E-state index contributed by atoms with van der Waals surface area (Å²) in [7, 11) is 0. The Morgan fingerprint density at radius 3 is 2.71 bits per heavy atom. The van der Waals surface area contributed by atoms with Gasteiger partial charge in [-0.05, 0) is 75.1 Å². The van der Waals surface area contributed by atoms with E-state index in [0.29, 0.717) is 42.5 Å². The summed E-state index contributed by atoms with van der Waals surface area (Å²) in [6, 6.07) is 15.4. The fourth-order valence-electron chi connectivity index (χ4n) is 5.02. The van der Waals surface area contributed by atoms with E-state index in [1.807, 2.05) is 26.8 Å². The van der Waals surface area contributed by atoms with Gasteiger partial charge in [-0.15, -0.1) is 0 Å². The summed E-state index contributed by atoms with van der Waals surface area (Å²) in [5.41, 5.74) is 0.814. The summed E-state index contributed by atoms with van der Waals surface area (Å²) in [4.78, 5) is 31.7. The molecule has 5 rings (SSSR count). The first-order valence-electron chi connectivity index (χ1n) is 13.6. The predicted octanol–water partition coefficient (Wildman–Crippen LogP) is 5.30. The van der Waals surface area contributed by atoms with E-state index in [2.05, 4.69) is 10.3 Å². The number of likely N-dealkylation sites (tertiary alicyclic amines) is 1. The second-order valence-corrected chi connectivity index (χ2v) is 11.2. The number of aromatic nitrogens is 1. The highest BCUT2D eigenvalue weighted by atomic mass is 19.1. The van der Waals surface area contributed by atoms with Crippen molar-refractivity contribution in [2.75, 3.05) is 26.5 Å². The first-order chi connectivity index (χ1) is 19.7. The average Bonchev–Trinajstić information content (AvgIpc) is 3.43. The molecule has 0 aliphatic carbocycles. The summed E-state index contributed by atoms with van der Waals surface area (Å²) in [5, 5.41) is 2.75. The average molecular weight is 564 g/mol. The predicted molar refractivity (Wildman–Crippen MR) is 149 cm³/mol. The molecule has 2 aliphatic rings. The van der Waals surface area contributed by atoms with Crippen LogP contribution in [0.15, 0.2) is 60.8 Å². The molecule has 1 fully saturated rings. The number of amides is 2. The Bertz CT molecular complexity index is 1390. The van der Waals surface area contributed by atoms with Crippen LogP contribution in [-0.2, 0) is 11.3 Å². The number of pyridine rings is 1. The molecule has 0 saturated carbocycles.